The molecular formula is C17H20N2S. The quantitative estimate of drug-likeness (QED) is 0.670. The van der Waals surface area contributed by atoms with E-state index in [-0.39, 0.29) is 0 Å². The van der Waals surface area contributed by atoms with Gasteiger partial charge in [0.05, 0.1) is 15.2 Å². The van der Waals surface area contributed by atoms with Gasteiger partial charge in [-0.3, -0.25) is 0 Å². The van der Waals surface area contributed by atoms with Crippen LogP contribution in [-0.2, 0) is 6.42 Å². The van der Waals surface area contributed by atoms with Gasteiger partial charge in [0.1, 0.15) is 0 Å². The van der Waals surface area contributed by atoms with E-state index >= 15 is 0 Å². The molecule has 3 unspecified atom stereocenters. The van der Waals surface area contributed by atoms with Crippen LogP contribution in [0.3, 0.4) is 0 Å². The van der Waals surface area contributed by atoms with Crippen molar-refractivity contribution in [2.75, 3.05) is 13.1 Å². The van der Waals surface area contributed by atoms with E-state index in [1.54, 1.807) is 0 Å². The highest BCUT2D eigenvalue weighted by Crippen LogP contribution is 2.42. The van der Waals surface area contributed by atoms with Crippen LogP contribution in [0.15, 0.2) is 36.4 Å². The third kappa shape index (κ3) is 2.40. The summed E-state index contributed by atoms with van der Waals surface area (Å²) in [6, 6.07) is 8.41. The molecule has 0 saturated heterocycles. The number of hydrogen-bond donors (Lipinski definition) is 1. The Morgan fingerprint density at radius 2 is 2.15 bits per heavy atom. The molecule has 2 aliphatic carbocycles. The minimum Gasteiger partial charge on any atom is -0.316 e. The number of para-hydroxylation sites is 1. The third-order valence-corrected chi connectivity index (χ3v) is 5.77. The van der Waals surface area contributed by atoms with E-state index < -0.39 is 0 Å². The highest BCUT2D eigenvalue weighted by atomic mass is 32.1. The molecule has 0 radical (unpaired) electrons. The monoisotopic (exact) mass is 284 g/mol. The van der Waals surface area contributed by atoms with Crippen LogP contribution in [0, 0.1) is 17.8 Å². The minimum absolute atomic E-state index is 0.856. The summed E-state index contributed by atoms with van der Waals surface area (Å²) >= 11 is 1.83. The predicted molar refractivity (Wildman–Crippen MR) is 85.0 cm³/mol. The van der Waals surface area contributed by atoms with Crippen LogP contribution in [0.2, 0.25) is 0 Å². The molecule has 1 aromatic heterocycles. The van der Waals surface area contributed by atoms with E-state index in [9.17, 15) is 0 Å². The van der Waals surface area contributed by atoms with Crippen LogP contribution in [0.5, 0.6) is 0 Å². The number of nitrogens with one attached hydrogen (secondary N) is 1. The molecule has 104 valence electrons. The fourth-order valence-corrected chi connectivity index (χ4v) is 4.61. The van der Waals surface area contributed by atoms with Gasteiger partial charge >= 0.3 is 0 Å². The van der Waals surface area contributed by atoms with Crippen molar-refractivity contribution < 1.29 is 0 Å². The van der Waals surface area contributed by atoms with Gasteiger partial charge in [-0.25, -0.2) is 4.98 Å². The number of hydrogen-bond acceptors (Lipinski definition) is 3. The smallest absolute Gasteiger partial charge is 0.0951 e. The zero-order valence-electron chi connectivity index (χ0n) is 11.6. The van der Waals surface area contributed by atoms with E-state index in [0.717, 1.165) is 36.2 Å². The number of fused-ring (bicyclic) bond motifs is 3. The number of nitrogens with zero attached hydrogens (tertiary/aromatic N) is 1. The van der Waals surface area contributed by atoms with E-state index in [1.807, 2.05) is 11.3 Å². The topological polar surface area (TPSA) is 24.9 Å². The molecule has 0 amide bonds. The predicted octanol–water partition coefficient (Wildman–Crippen LogP) is 3.64. The van der Waals surface area contributed by atoms with Crippen LogP contribution in [0.1, 0.15) is 17.8 Å². The third-order valence-electron chi connectivity index (χ3n) is 4.68. The Hall–Kier alpha value is -1.19. The molecular weight excluding hydrogens is 264 g/mol. The second-order valence-corrected chi connectivity index (χ2v) is 7.18. The molecule has 1 N–H and O–H groups in total. The van der Waals surface area contributed by atoms with Gasteiger partial charge in [0.25, 0.3) is 0 Å². The zero-order chi connectivity index (χ0) is 13.4. The van der Waals surface area contributed by atoms with Gasteiger partial charge < -0.3 is 5.32 Å². The summed E-state index contributed by atoms with van der Waals surface area (Å²) in [5.74, 6) is 2.62. The molecule has 0 spiro atoms. The maximum Gasteiger partial charge on any atom is 0.0951 e. The lowest BCUT2D eigenvalue weighted by atomic mass is 9.94. The van der Waals surface area contributed by atoms with Crippen molar-refractivity contribution in [1.29, 1.82) is 0 Å². The lowest BCUT2D eigenvalue weighted by molar-refractivity contribution is 0.416. The zero-order valence-corrected chi connectivity index (χ0v) is 12.4. The van der Waals surface area contributed by atoms with Gasteiger partial charge in [-0.05, 0) is 49.3 Å². The van der Waals surface area contributed by atoms with E-state index in [1.165, 1.54) is 29.1 Å². The van der Waals surface area contributed by atoms with Crippen molar-refractivity contribution in [2.45, 2.75) is 19.3 Å². The van der Waals surface area contributed by atoms with Crippen LogP contribution in [-0.4, -0.2) is 18.1 Å². The van der Waals surface area contributed by atoms with Crippen LogP contribution < -0.4 is 5.32 Å². The average molecular weight is 284 g/mol. The molecule has 2 aromatic rings. The molecule has 20 heavy (non-hydrogen) atoms. The van der Waals surface area contributed by atoms with Gasteiger partial charge in [0.15, 0.2) is 0 Å². The molecule has 1 aromatic carbocycles. The summed E-state index contributed by atoms with van der Waals surface area (Å²) in [4.78, 5) is 4.69. The average Bonchev–Trinajstić information content (AvgIpc) is 3.17. The molecule has 1 saturated carbocycles. The van der Waals surface area contributed by atoms with Crippen molar-refractivity contribution in [3.8, 4) is 0 Å². The number of thiazole rings is 1. The highest BCUT2D eigenvalue weighted by molar-refractivity contribution is 7.18. The molecule has 0 aliphatic heterocycles. The Labute approximate surface area is 123 Å². The SMILES string of the molecule is C1=CC2CC1CC2CNCCc1nc2ccccc2s1. The number of benzene rings is 1. The normalized spacial score (nSPS) is 27.7. The van der Waals surface area contributed by atoms with Crippen LogP contribution in [0.4, 0.5) is 0 Å². The Morgan fingerprint density at radius 1 is 1.20 bits per heavy atom. The van der Waals surface area contributed by atoms with Gasteiger partial charge in [-0.15, -0.1) is 11.3 Å². The molecule has 2 bridgehead atoms. The first-order valence-corrected chi connectivity index (χ1v) is 8.43. The van der Waals surface area contributed by atoms with E-state index in [2.05, 4.69) is 46.7 Å². The van der Waals surface area contributed by atoms with Gasteiger partial charge in [0, 0.05) is 13.0 Å². The summed E-state index contributed by atoms with van der Waals surface area (Å²) in [5, 5.41) is 4.89. The standard InChI is InChI=1S/C17H20N2S/c1-2-4-16-15(3-1)19-17(20-16)7-8-18-11-14-10-12-5-6-13(14)9-12/h1-6,12-14,18H,7-11H2. The first-order chi connectivity index (χ1) is 9.88. The second-order valence-electron chi connectivity index (χ2n) is 6.07. The number of allylic oxidation sites excluding steroid dienone is 2. The van der Waals surface area contributed by atoms with E-state index in [0.29, 0.717) is 0 Å². The summed E-state index contributed by atoms with van der Waals surface area (Å²) in [6.07, 6.45) is 8.71. The van der Waals surface area contributed by atoms with Crippen molar-refractivity contribution in [1.82, 2.24) is 10.3 Å². The van der Waals surface area contributed by atoms with Gasteiger partial charge in [0.2, 0.25) is 0 Å². The van der Waals surface area contributed by atoms with Crippen LogP contribution in [0.25, 0.3) is 10.2 Å². The Balaban J connectivity index is 1.27. The summed E-state index contributed by atoms with van der Waals surface area (Å²) < 4.78 is 1.31. The largest absolute Gasteiger partial charge is 0.316 e. The van der Waals surface area contributed by atoms with Crippen molar-refractivity contribution >= 4 is 21.6 Å². The maximum absolute atomic E-state index is 4.69. The molecule has 3 atom stereocenters. The fraction of sp³-hybridized carbons (Fsp3) is 0.471. The minimum atomic E-state index is 0.856. The van der Waals surface area contributed by atoms with Gasteiger partial charge in [-0.2, -0.15) is 0 Å². The van der Waals surface area contributed by atoms with Crippen molar-refractivity contribution in [2.24, 2.45) is 17.8 Å². The number of aromatic nitrogens is 1. The molecule has 3 heteroatoms. The summed E-state index contributed by atoms with van der Waals surface area (Å²) in [5.41, 5.74) is 1.14. The van der Waals surface area contributed by atoms with Crippen molar-refractivity contribution in [3.63, 3.8) is 0 Å². The molecule has 1 fully saturated rings. The summed E-state index contributed by atoms with van der Waals surface area (Å²) in [7, 11) is 0. The molecule has 2 aliphatic rings. The maximum atomic E-state index is 4.69. The Bertz CT molecular complexity index is 598. The Morgan fingerprint density at radius 3 is 2.95 bits per heavy atom. The van der Waals surface area contributed by atoms with E-state index in [4.69, 9.17) is 0 Å². The first kappa shape index (κ1) is 12.5. The van der Waals surface area contributed by atoms with Crippen LogP contribution >= 0.6 is 11.3 Å². The molecule has 1 heterocycles. The molecule has 4 rings (SSSR count). The second kappa shape index (κ2) is 5.30. The number of rotatable bonds is 5. The lowest BCUT2D eigenvalue weighted by Crippen LogP contribution is -2.27. The summed E-state index contributed by atoms with van der Waals surface area (Å²) in [6.45, 7) is 2.23. The lowest BCUT2D eigenvalue weighted by Gasteiger charge is -2.18. The van der Waals surface area contributed by atoms with Gasteiger partial charge in [-0.1, -0.05) is 24.3 Å². The highest BCUT2D eigenvalue weighted by Gasteiger charge is 2.34. The Kier molecular flexibility index (Phi) is 3.32. The molecule has 2 nitrogen and oxygen atoms in total. The first-order valence-electron chi connectivity index (χ1n) is 7.62. The fourth-order valence-electron chi connectivity index (χ4n) is 3.64. The van der Waals surface area contributed by atoms with Crippen molar-refractivity contribution in [3.05, 3.63) is 41.4 Å².